The van der Waals surface area contributed by atoms with Gasteiger partial charge in [-0.15, -0.1) is 11.3 Å². The standard InChI is InChI=1S/C49H36N4S/c1-49(2)40-23-13-10-22-37(40)44-41(49)27-26-36-34-20-11-14-24-42(34)53(45(36)44)33-28-38-35-21-12-15-25-43(35)54-46(38)39(29-33)48(51-30-31-16-6-4-7-17-31)52-47(50-3)32-18-8-5-9-19-32/h4-29H,3,30H2,1-2H3. The van der Waals surface area contributed by atoms with Crippen molar-refractivity contribution in [1.82, 2.24) is 4.57 Å². The van der Waals surface area contributed by atoms with Gasteiger partial charge in [0, 0.05) is 58.7 Å². The van der Waals surface area contributed by atoms with E-state index in [0.29, 0.717) is 18.2 Å². The largest absolute Gasteiger partial charge is 0.309 e. The van der Waals surface area contributed by atoms with Crippen LogP contribution < -0.4 is 0 Å². The molecule has 0 saturated carbocycles. The third-order valence-corrected chi connectivity index (χ3v) is 12.2. The molecule has 0 saturated heterocycles. The van der Waals surface area contributed by atoms with Crippen molar-refractivity contribution in [1.29, 1.82) is 0 Å². The molecule has 2 aromatic heterocycles. The molecule has 0 amide bonds. The Morgan fingerprint density at radius 2 is 1.35 bits per heavy atom. The number of fused-ring (bicyclic) bond motifs is 10. The summed E-state index contributed by atoms with van der Waals surface area (Å²) in [5.41, 5.74) is 11.6. The Hall–Kier alpha value is -6.43. The summed E-state index contributed by atoms with van der Waals surface area (Å²) >= 11 is 1.79. The van der Waals surface area contributed by atoms with Gasteiger partial charge in [0.2, 0.25) is 0 Å². The first kappa shape index (κ1) is 32.2. The average molecular weight is 713 g/mol. The zero-order chi connectivity index (χ0) is 36.4. The summed E-state index contributed by atoms with van der Waals surface area (Å²) in [5, 5.41) is 4.87. The minimum absolute atomic E-state index is 0.127. The van der Waals surface area contributed by atoms with Crippen LogP contribution in [0.5, 0.6) is 0 Å². The van der Waals surface area contributed by atoms with Gasteiger partial charge in [0.1, 0.15) is 0 Å². The quantitative estimate of drug-likeness (QED) is 0.126. The van der Waals surface area contributed by atoms with Crippen molar-refractivity contribution in [3.8, 4) is 16.8 Å². The molecular weight excluding hydrogens is 677 g/mol. The van der Waals surface area contributed by atoms with E-state index in [1.165, 1.54) is 54.0 Å². The number of aliphatic imine (C=N–C) groups is 3. The van der Waals surface area contributed by atoms with E-state index in [1.807, 2.05) is 36.4 Å². The molecule has 0 N–H and O–H groups in total. The maximum Gasteiger partial charge on any atom is 0.161 e. The molecule has 258 valence electrons. The SMILES string of the molecule is C=NC(=NC(=NCc1ccccc1)c1cc(-n2c3ccccc3c3ccc4c(c32)-c2ccccc2C4(C)C)cc2c1sc1ccccc12)c1ccccc1. The fraction of sp³-hybridized carbons (Fsp3) is 0.0816. The maximum absolute atomic E-state index is 5.29. The van der Waals surface area contributed by atoms with Crippen molar-refractivity contribution in [3.05, 3.63) is 186 Å². The Labute approximate surface area is 318 Å². The number of benzene rings is 7. The summed E-state index contributed by atoms with van der Waals surface area (Å²) in [6.07, 6.45) is 0. The van der Waals surface area contributed by atoms with Gasteiger partial charge < -0.3 is 4.57 Å². The van der Waals surface area contributed by atoms with Crippen LogP contribution in [0.3, 0.4) is 0 Å². The summed E-state index contributed by atoms with van der Waals surface area (Å²) in [5.74, 6) is 1.16. The normalized spacial score (nSPS) is 13.9. The number of aromatic nitrogens is 1. The predicted molar refractivity (Wildman–Crippen MR) is 230 cm³/mol. The third-order valence-electron chi connectivity index (χ3n) is 11.0. The van der Waals surface area contributed by atoms with Crippen molar-refractivity contribution >= 4 is 71.7 Å². The second kappa shape index (κ2) is 12.6. The Morgan fingerprint density at radius 1 is 0.648 bits per heavy atom. The van der Waals surface area contributed by atoms with E-state index in [-0.39, 0.29) is 5.41 Å². The highest BCUT2D eigenvalue weighted by Gasteiger charge is 2.37. The van der Waals surface area contributed by atoms with E-state index in [4.69, 9.17) is 9.98 Å². The van der Waals surface area contributed by atoms with Crippen molar-refractivity contribution in [3.63, 3.8) is 0 Å². The highest BCUT2D eigenvalue weighted by molar-refractivity contribution is 7.26. The first-order valence-corrected chi connectivity index (χ1v) is 19.1. The summed E-state index contributed by atoms with van der Waals surface area (Å²) in [7, 11) is 0. The van der Waals surface area contributed by atoms with Gasteiger partial charge >= 0.3 is 0 Å². The van der Waals surface area contributed by atoms with Gasteiger partial charge in [-0.25, -0.2) is 9.98 Å². The first-order chi connectivity index (χ1) is 26.5. The van der Waals surface area contributed by atoms with Crippen molar-refractivity contribution in [2.75, 3.05) is 0 Å². The molecule has 1 aliphatic carbocycles. The molecular formula is C49H36N4S. The fourth-order valence-electron chi connectivity index (χ4n) is 8.43. The van der Waals surface area contributed by atoms with Crippen LogP contribution >= 0.6 is 11.3 Å². The molecule has 5 heteroatoms. The molecule has 0 bridgehead atoms. The van der Waals surface area contributed by atoms with Crippen LogP contribution in [0.4, 0.5) is 0 Å². The highest BCUT2D eigenvalue weighted by Crippen LogP contribution is 2.53. The van der Waals surface area contributed by atoms with Gasteiger partial charge in [0.25, 0.3) is 0 Å². The lowest BCUT2D eigenvalue weighted by Gasteiger charge is -2.21. The van der Waals surface area contributed by atoms with Crippen molar-refractivity contribution in [2.45, 2.75) is 25.8 Å². The van der Waals surface area contributed by atoms with Gasteiger partial charge in [-0.2, -0.15) is 0 Å². The van der Waals surface area contributed by atoms with Gasteiger partial charge in [-0.05, 0) is 53.2 Å². The summed E-state index contributed by atoms with van der Waals surface area (Å²) < 4.78 is 4.85. The average Bonchev–Trinajstić information content (AvgIpc) is 3.84. The van der Waals surface area contributed by atoms with Crippen LogP contribution in [-0.2, 0) is 12.0 Å². The number of nitrogens with zero attached hydrogens (tertiary/aromatic N) is 4. The molecule has 10 rings (SSSR count). The minimum atomic E-state index is -0.127. The topological polar surface area (TPSA) is 42.0 Å². The van der Waals surface area contributed by atoms with Crippen molar-refractivity contribution < 1.29 is 0 Å². The molecule has 2 heterocycles. The number of para-hydroxylation sites is 1. The van der Waals surface area contributed by atoms with Crippen LogP contribution in [0.25, 0.3) is 58.8 Å². The van der Waals surface area contributed by atoms with E-state index in [9.17, 15) is 0 Å². The number of hydrogen-bond acceptors (Lipinski definition) is 2. The summed E-state index contributed by atoms with van der Waals surface area (Å²) in [6, 6.07) is 56.2. The van der Waals surface area contributed by atoms with E-state index >= 15 is 0 Å². The Kier molecular flexibility index (Phi) is 7.53. The number of rotatable bonds is 5. The molecule has 7 aromatic carbocycles. The van der Waals surface area contributed by atoms with Crippen molar-refractivity contribution in [2.24, 2.45) is 15.0 Å². The van der Waals surface area contributed by atoms with E-state index in [1.54, 1.807) is 11.3 Å². The van der Waals surface area contributed by atoms with Gasteiger partial charge in [0.05, 0.1) is 17.6 Å². The molecule has 0 unspecified atom stereocenters. The fourth-order valence-corrected chi connectivity index (χ4v) is 9.62. The van der Waals surface area contributed by atoms with E-state index in [0.717, 1.165) is 32.6 Å². The van der Waals surface area contributed by atoms with E-state index < -0.39 is 0 Å². The van der Waals surface area contributed by atoms with Gasteiger partial charge in [-0.1, -0.05) is 147 Å². The summed E-state index contributed by atoms with van der Waals surface area (Å²) in [4.78, 5) is 15.0. The Morgan fingerprint density at radius 3 is 2.17 bits per heavy atom. The maximum atomic E-state index is 5.29. The Balaban J connectivity index is 1.32. The molecule has 0 aliphatic heterocycles. The van der Waals surface area contributed by atoms with Gasteiger partial charge in [0.15, 0.2) is 11.7 Å². The second-order valence-corrected chi connectivity index (χ2v) is 15.5. The lowest BCUT2D eigenvalue weighted by molar-refractivity contribution is 0.661. The molecule has 0 radical (unpaired) electrons. The Bertz CT molecular complexity index is 3000. The molecule has 0 atom stereocenters. The van der Waals surface area contributed by atoms with Gasteiger partial charge in [-0.3, -0.25) is 4.99 Å². The lowest BCUT2D eigenvalue weighted by atomic mass is 9.82. The first-order valence-electron chi connectivity index (χ1n) is 18.3. The zero-order valence-electron chi connectivity index (χ0n) is 30.1. The molecule has 0 fully saturated rings. The van der Waals surface area contributed by atoms with Crippen LogP contribution in [0, 0.1) is 0 Å². The zero-order valence-corrected chi connectivity index (χ0v) is 30.9. The second-order valence-electron chi connectivity index (χ2n) is 14.5. The summed E-state index contributed by atoms with van der Waals surface area (Å²) in [6.45, 7) is 9.13. The van der Waals surface area contributed by atoms with E-state index in [2.05, 4.69) is 151 Å². The number of amidine groups is 2. The monoisotopic (exact) mass is 712 g/mol. The molecule has 9 aromatic rings. The van der Waals surface area contributed by atoms with Crippen LogP contribution in [0.15, 0.2) is 173 Å². The smallest absolute Gasteiger partial charge is 0.161 e. The van der Waals surface area contributed by atoms with Crippen LogP contribution in [0.1, 0.15) is 41.7 Å². The number of hydrogen-bond donors (Lipinski definition) is 0. The molecule has 0 spiro atoms. The highest BCUT2D eigenvalue weighted by atomic mass is 32.1. The molecule has 4 nitrogen and oxygen atoms in total. The predicted octanol–water partition coefficient (Wildman–Crippen LogP) is 12.6. The third kappa shape index (κ3) is 5.00. The lowest BCUT2D eigenvalue weighted by Crippen LogP contribution is -2.14. The molecule has 54 heavy (non-hydrogen) atoms. The minimum Gasteiger partial charge on any atom is -0.309 e. The molecule has 1 aliphatic rings. The number of thiophene rings is 1. The van der Waals surface area contributed by atoms with Crippen LogP contribution in [-0.4, -0.2) is 23.0 Å². The van der Waals surface area contributed by atoms with Crippen LogP contribution in [0.2, 0.25) is 0 Å².